The molecule has 4 nitrogen and oxygen atoms in total. The number of hydrogen-bond acceptors (Lipinski definition) is 3. The van der Waals surface area contributed by atoms with E-state index in [1.54, 1.807) is 0 Å². The monoisotopic (exact) mass is 233 g/mol. The Morgan fingerprint density at radius 3 is 2.94 bits per heavy atom. The number of aliphatic hydroxyl groups is 1. The van der Waals surface area contributed by atoms with Gasteiger partial charge in [0.15, 0.2) is 0 Å². The molecule has 0 bridgehead atoms. The zero-order valence-corrected chi connectivity index (χ0v) is 9.86. The van der Waals surface area contributed by atoms with Crippen molar-refractivity contribution in [2.45, 2.75) is 26.5 Å². The number of carbonyl (C=O) groups is 1. The third-order valence-electron chi connectivity index (χ3n) is 3.02. The molecule has 1 unspecified atom stereocenters. The fourth-order valence-corrected chi connectivity index (χ4v) is 1.88. The Balaban J connectivity index is 2.50. The minimum absolute atomic E-state index is 0.0183. The number of hydrogen-bond donors (Lipinski definition) is 2. The van der Waals surface area contributed by atoms with Gasteiger partial charge in [-0.15, -0.1) is 0 Å². The number of fused-ring (bicyclic) bond motifs is 1. The molecule has 0 fully saturated rings. The third kappa shape index (κ3) is 2.03. The van der Waals surface area contributed by atoms with Crippen molar-refractivity contribution in [1.29, 1.82) is 0 Å². The predicted molar refractivity (Wildman–Crippen MR) is 64.5 cm³/mol. The first kappa shape index (κ1) is 11.7. The van der Waals surface area contributed by atoms with Gasteiger partial charge in [0.25, 0.3) is 0 Å². The van der Waals surface area contributed by atoms with Gasteiger partial charge >= 0.3 is 0 Å². The minimum Gasteiger partial charge on any atom is -0.459 e. The summed E-state index contributed by atoms with van der Waals surface area (Å²) >= 11 is 0. The van der Waals surface area contributed by atoms with Gasteiger partial charge in [-0.2, -0.15) is 0 Å². The van der Waals surface area contributed by atoms with E-state index in [1.165, 1.54) is 0 Å². The average molecular weight is 233 g/mol. The van der Waals surface area contributed by atoms with Crippen LogP contribution in [0, 0.1) is 6.92 Å². The number of rotatable bonds is 4. The van der Waals surface area contributed by atoms with Gasteiger partial charge in [0.05, 0.1) is 12.6 Å². The molecule has 0 spiro atoms. The Morgan fingerprint density at radius 1 is 1.53 bits per heavy atom. The van der Waals surface area contributed by atoms with Crippen LogP contribution in [0.3, 0.4) is 0 Å². The third-order valence-corrected chi connectivity index (χ3v) is 3.02. The molecule has 0 aliphatic heterocycles. The molecule has 2 aromatic rings. The maximum Gasteiger partial charge on any atom is 0.207 e. The van der Waals surface area contributed by atoms with Crippen LogP contribution in [0.1, 0.15) is 29.9 Å². The molecular weight excluding hydrogens is 218 g/mol. The van der Waals surface area contributed by atoms with Crippen LogP contribution in [-0.4, -0.2) is 11.5 Å². The first-order valence-corrected chi connectivity index (χ1v) is 5.50. The molecule has 0 radical (unpaired) electrons. The first-order chi connectivity index (χ1) is 8.17. The first-order valence-electron chi connectivity index (χ1n) is 5.50. The Morgan fingerprint density at radius 2 is 2.29 bits per heavy atom. The van der Waals surface area contributed by atoms with Crippen LogP contribution >= 0.6 is 0 Å². The molecule has 1 aromatic carbocycles. The number of nitrogens with one attached hydrogen (secondary N) is 1. The van der Waals surface area contributed by atoms with E-state index in [0.717, 1.165) is 22.1 Å². The lowest BCUT2D eigenvalue weighted by Gasteiger charge is -2.04. The van der Waals surface area contributed by atoms with Gasteiger partial charge in [-0.1, -0.05) is 6.07 Å². The van der Waals surface area contributed by atoms with Crippen molar-refractivity contribution in [3.05, 3.63) is 35.1 Å². The molecule has 1 atom stereocenters. The molecule has 0 aliphatic carbocycles. The molecule has 1 aromatic heterocycles. The van der Waals surface area contributed by atoms with E-state index >= 15 is 0 Å². The maximum absolute atomic E-state index is 10.4. The lowest BCUT2D eigenvalue weighted by molar-refractivity contribution is -0.110. The highest BCUT2D eigenvalue weighted by Gasteiger charge is 2.13. The Labute approximate surface area is 99.2 Å². The van der Waals surface area contributed by atoms with Crippen molar-refractivity contribution in [2.75, 3.05) is 0 Å². The summed E-state index contributed by atoms with van der Waals surface area (Å²) in [7, 11) is 0. The summed E-state index contributed by atoms with van der Waals surface area (Å²) in [6, 6.07) is 5.44. The van der Waals surface area contributed by atoms with Crippen LogP contribution in [0.15, 0.2) is 22.6 Å². The van der Waals surface area contributed by atoms with Crippen molar-refractivity contribution in [2.24, 2.45) is 0 Å². The van der Waals surface area contributed by atoms with Crippen LogP contribution in [0.5, 0.6) is 0 Å². The van der Waals surface area contributed by atoms with E-state index in [9.17, 15) is 9.90 Å². The zero-order chi connectivity index (χ0) is 12.4. The quantitative estimate of drug-likeness (QED) is 0.794. The molecule has 90 valence electrons. The molecule has 1 heterocycles. The summed E-state index contributed by atoms with van der Waals surface area (Å²) in [6.07, 6.45) is 0.657. The number of benzene rings is 1. The van der Waals surface area contributed by atoms with Crippen molar-refractivity contribution >= 4 is 17.4 Å². The van der Waals surface area contributed by atoms with E-state index in [-0.39, 0.29) is 12.6 Å². The predicted octanol–water partition coefficient (Wildman–Crippen LogP) is 2.04. The fraction of sp³-hybridized carbons (Fsp3) is 0.308. The van der Waals surface area contributed by atoms with Crippen molar-refractivity contribution in [1.82, 2.24) is 5.32 Å². The van der Waals surface area contributed by atoms with Crippen molar-refractivity contribution in [3.8, 4) is 0 Å². The second kappa shape index (κ2) is 4.59. The normalized spacial score (nSPS) is 12.6. The molecular formula is C13H15NO3. The van der Waals surface area contributed by atoms with Gasteiger partial charge in [-0.3, -0.25) is 4.79 Å². The Hall–Kier alpha value is -1.81. The van der Waals surface area contributed by atoms with E-state index in [2.05, 4.69) is 5.32 Å². The summed E-state index contributed by atoms with van der Waals surface area (Å²) < 4.78 is 5.66. The number of aliphatic hydroxyl groups excluding tert-OH is 1. The summed E-state index contributed by atoms with van der Waals surface area (Å²) in [6.45, 7) is 3.82. The van der Waals surface area contributed by atoms with Gasteiger partial charge in [-0.25, -0.2) is 0 Å². The maximum atomic E-state index is 10.4. The van der Waals surface area contributed by atoms with E-state index in [0.29, 0.717) is 12.2 Å². The highest BCUT2D eigenvalue weighted by atomic mass is 16.3. The van der Waals surface area contributed by atoms with Crippen LogP contribution in [0.25, 0.3) is 11.0 Å². The van der Waals surface area contributed by atoms with E-state index in [4.69, 9.17) is 4.42 Å². The van der Waals surface area contributed by atoms with E-state index < -0.39 is 0 Å². The summed E-state index contributed by atoms with van der Waals surface area (Å²) in [5.41, 5.74) is 2.67. The molecule has 17 heavy (non-hydrogen) atoms. The van der Waals surface area contributed by atoms with Crippen molar-refractivity contribution < 1.29 is 14.3 Å². The van der Waals surface area contributed by atoms with Crippen LogP contribution in [0.4, 0.5) is 0 Å². The molecule has 2 N–H and O–H groups in total. The molecule has 0 saturated heterocycles. The topological polar surface area (TPSA) is 62.5 Å². The van der Waals surface area contributed by atoms with Gasteiger partial charge < -0.3 is 14.8 Å². The SMILES string of the molecule is Cc1c(CO)ccc2oc(C(C)NC=O)cc12. The fourth-order valence-electron chi connectivity index (χ4n) is 1.88. The van der Waals surface area contributed by atoms with Crippen LogP contribution < -0.4 is 5.32 Å². The minimum atomic E-state index is -0.156. The second-order valence-corrected chi connectivity index (χ2v) is 4.07. The highest BCUT2D eigenvalue weighted by molar-refractivity contribution is 5.83. The lowest BCUT2D eigenvalue weighted by Crippen LogP contribution is -2.15. The smallest absolute Gasteiger partial charge is 0.207 e. The zero-order valence-electron chi connectivity index (χ0n) is 9.86. The summed E-state index contributed by atoms with van der Waals surface area (Å²) in [5.74, 6) is 0.713. The molecule has 0 saturated carbocycles. The molecule has 2 rings (SSSR count). The van der Waals surface area contributed by atoms with Crippen LogP contribution in [-0.2, 0) is 11.4 Å². The van der Waals surface area contributed by atoms with Gasteiger partial charge in [0.1, 0.15) is 11.3 Å². The summed E-state index contributed by atoms with van der Waals surface area (Å²) in [5, 5.41) is 12.8. The van der Waals surface area contributed by atoms with Crippen LogP contribution in [0.2, 0.25) is 0 Å². The highest BCUT2D eigenvalue weighted by Crippen LogP contribution is 2.28. The average Bonchev–Trinajstić information content (AvgIpc) is 2.75. The Kier molecular flexibility index (Phi) is 3.15. The van der Waals surface area contributed by atoms with Gasteiger partial charge in [0.2, 0.25) is 6.41 Å². The second-order valence-electron chi connectivity index (χ2n) is 4.07. The molecule has 1 amide bonds. The number of furan rings is 1. The van der Waals surface area contributed by atoms with Gasteiger partial charge in [0, 0.05) is 5.39 Å². The number of amides is 1. The Bertz CT molecular complexity index is 545. The number of aryl methyl sites for hydroxylation is 1. The molecule has 4 heteroatoms. The number of carbonyl (C=O) groups excluding carboxylic acids is 1. The molecule has 0 aliphatic rings. The van der Waals surface area contributed by atoms with Crippen molar-refractivity contribution in [3.63, 3.8) is 0 Å². The lowest BCUT2D eigenvalue weighted by atomic mass is 10.0. The van der Waals surface area contributed by atoms with E-state index in [1.807, 2.05) is 32.0 Å². The van der Waals surface area contributed by atoms with Gasteiger partial charge in [-0.05, 0) is 37.1 Å². The largest absolute Gasteiger partial charge is 0.459 e. The summed E-state index contributed by atoms with van der Waals surface area (Å²) in [4.78, 5) is 10.4. The standard InChI is InChI=1S/C13H15NO3/c1-8-10(6-15)3-4-12-11(8)5-13(17-12)9(2)14-7-16/h3-5,7,9,15H,6H2,1-2H3,(H,14,16).